The molecule has 1 unspecified atom stereocenters. The van der Waals surface area contributed by atoms with Crippen molar-refractivity contribution in [3.05, 3.63) is 119 Å². The quantitative estimate of drug-likeness (QED) is 0.250. The summed E-state index contributed by atoms with van der Waals surface area (Å²) in [5, 5.41) is 5.26. The minimum absolute atomic E-state index is 0.0595. The van der Waals surface area contributed by atoms with Gasteiger partial charge in [0.1, 0.15) is 11.5 Å². The molecule has 1 N–H and O–H groups in total. The lowest BCUT2D eigenvalue weighted by Crippen LogP contribution is -2.09. The molecule has 0 spiro atoms. The number of fused-ring (bicyclic) bond motifs is 1. The third-order valence-electron chi connectivity index (χ3n) is 5.79. The van der Waals surface area contributed by atoms with Crippen LogP contribution in [0.25, 0.3) is 22.0 Å². The fraction of sp³-hybridized carbons (Fsp3) is 0.156. The number of rotatable bonds is 4. The van der Waals surface area contributed by atoms with Crippen LogP contribution in [0.1, 0.15) is 49.3 Å². The monoisotopic (exact) mass is 504 g/mol. The maximum Gasteiger partial charge on any atom is 0.127 e. The van der Waals surface area contributed by atoms with E-state index >= 15 is 0 Å². The van der Waals surface area contributed by atoms with Crippen LogP contribution in [0.15, 0.2) is 91.3 Å². The molecular weight excluding hydrogens is 476 g/mol. The number of hydrogen-bond donors (Lipinski definition) is 1. The van der Waals surface area contributed by atoms with Gasteiger partial charge in [0.25, 0.3) is 0 Å². The van der Waals surface area contributed by atoms with E-state index in [1.165, 1.54) is 0 Å². The number of nitrogens with zero attached hydrogens (tertiary/aromatic N) is 3. The van der Waals surface area contributed by atoms with Gasteiger partial charge in [0.2, 0.25) is 0 Å². The van der Waals surface area contributed by atoms with Gasteiger partial charge in [-0.2, -0.15) is 0 Å². The van der Waals surface area contributed by atoms with Crippen molar-refractivity contribution in [1.29, 1.82) is 0 Å². The summed E-state index contributed by atoms with van der Waals surface area (Å²) in [6.45, 7) is 8.17. The van der Waals surface area contributed by atoms with Crippen molar-refractivity contribution in [3.63, 3.8) is 0 Å². The van der Waals surface area contributed by atoms with Crippen LogP contribution >= 0.6 is 11.6 Å². The molecule has 184 valence electrons. The fourth-order valence-corrected chi connectivity index (χ4v) is 4.02. The van der Waals surface area contributed by atoms with Gasteiger partial charge < -0.3 is 5.32 Å². The first-order valence-electron chi connectivity index (χ1n) is 12.4. The number of pyridine rings is 3. The first-order valence-corrected chi connectivity index (χ1v) is 12.8. The van der Waals surface area contributed by atoms with E-state index in [1.807, 2.05) is 86.8 Å². The molecular formula is C32H29ClN4. The average Bonchev–Trinajstić information content (AvgIpc) is 2.94. The summed E-state index contributed by atoms with van der Waals surface area (Å²) >= 11 is 5.98. The predicted molar refractivity (Wildman–Crippen MR) is 155 cm³/mol. The Hall–Kier alpha value is -4.20. The van der Waals surface area contributed by atoms with Crippen molar-refractivity contribution in [2.24, 2.45) is 0 Å². The van der Waals surface area contributed by atoms with Crippen LogP contribution in [-0.4, -0.2) is 15.0 Å². The van der Waals surface area contributed by atoms with Crippen LogP contribution in [-0.2, 0) is 0 Å². The van der Waals surface area contributed by atoms with Gasteiger partial charge in [-0.25, -0.2) is 9.97 Å². The van der Waals surface area contributed by atoms with Crippen molar-refractivity contribution in [2.75, 3.05) is 5.32 Å². The maximum atomic E-state index is 5.98. The molecule has 0 amide bonds. The third-order valence-corrected chi connectivity index (χ3v) is 6.04. The molecule has 0 radical (unpaired) electrons. The van der Waals surface area contributed by atoms with Gasteiger partial charge in [-0.3, -0.25) is 4.98 Å². The highest BCUT2D eigenvalue weighted by Gasteiger charge is 2.09. The van der Waals surface area contributed by atoms with Crippen molar-refractivity contribution in [1.82, 2.24) is 15.0 Å². The number of benzene rings is 2. The van der Waals surface area contributed by atoms with E-state index in [0.29, 0.717) is 0 Å². The predicted octanol–water partition coefficient (Wildman–Crippen LogP) is 8.25. The number of nitrogens with one attached hydrogen (secondary N) is 1. The van der Waals surface area contributed by atoms with Crippen molar-refractivity contribution < 1.29 is 0 Å². The molecule has 0 saturated heterocycles. The Morgan fingerprint density at radius 1 is 0.838 bits per heavy atom. The summed E-state index contributed by atoms with van der Waals surface area (Å²) in [4.78, 5) is 13.7. The lowest BCUT2D eigenvalue weighted by Gasteiger charge is -2.15. The van der Waals surface area contributed by atoms with Gasteiger partial charge in [-0.1, -0.05) is 55.6 Å². The fourth-order valence-electron chi connectivity index (χ4n) is 3.89. The minimum atomic E-state index is 0.0595. The molecule has 0 aliphatic rings. The molecule has 0 saturated carbocycles. The molecule has 3 heterocycles. The highest BCUT2D eigenvalue weighted by molar-refractivity contribution is 6.30. The lowest BCUT2D eigenvalue weighted by atomic mass is 10.1. The molecule has 2 aromatic carbocycles. The van der Waals surface area contributed by atoms with E-state index < -0.39 is 0 Å². The van der Waals surface area contributed by atoms with Crippen LogP contribution in [0.3, 0.4) is 0 Å². The Labute approximate surface area is 223 Å². The molecule has 0 bridgehead atoms. The second kappa shape index (κ2) is 12.2. The number of halogens is 1. The maximum absolute atomic E-state index is 5.98. The molecule has 5 heteroatoms. The van der Waals surface area contributed by atoms with Crippen molar-refractivity contribution in [3.8, 4) is 23.0 Å². The summed E-state index contributed by atoms with van der Waals surface area (Å²) in [7, 11) is 0. The zero-order valence-corrected chi connectivity index (χ0v) is 22.2. The number of aromatic nitrogens is 3. The van der Waals surface area contributed by atoms with E-state index in [-0.39, 0.29) is 6.04 Å². The zero-order valence-electron chi connectivity index (χ0n) is 21.5. The number of anilines is 1. The van der Waals surface area contributed by atoms with E-state index in [4.69, 9.17) is 16.6 Å². The molecule has 5 aromatic rings. The summed E-state index contributed by atoms with van der Waals surface area (Å²) in [5.74, 6) is 7.23. The molecule has 4 nitrogen and oxygen atoms in total. The van der Waals surface area contributed by atoms with Gasteiger partial charge >= 0.3 is 0 Å². The second-order valence-corrected chi connectivity index (χ2v) is 8.80. The Morgan fingerprint density at radius 2 is 1.62 bits per heavy atom. The molecule has 3 aromatic heterocycles. The molecule has 37 heavy (non-hydrogen) atoms. The van der Waals surface area contributed by atoms with Gasteiger partial charge in [-0.15, -0.1) is 0 Å². The molecule has 1 atom stereocenters. The van der Waals surface area contributed by atoms with Crippen LogP contribution in [0.5, 0.6) is 0 Å². The largest absolute Gasteiger partial charge is 0.362 e. The van der Waals surface area contributed by atoms with Crippen molar-refractivity contribution >= 4 is 28.3 Å². The third kappa shape index (κ3) is 6.52. The lowest BCUT2D eigenvalue weighted by molar-refractivity contribution is 0.833. The molecule has 0 aliphatic heterocycles. The average molecular weight is 505 g/mol. The minimum Gasteiger partial charge on any atom is -0.362 e. The van der Waals surface area contributed by atoms with E-state index in [0.717, 1.165) is 55.4 Å². The molecule has 5 rings (SSSR count). The number of hydrogen-bond acceptors (Lipinski definition) is 4. The van der Waals surface area contributed by atoms with E-state index in [9.17, 15) is 0 Å². The molecule has 0 fully saturated rings. The first kappa shape index (κ1) is 25.9. The van der Waals surface area contributed by atoms with E-state index in [1.54, 1.807) is 6.20 Å². The Balaban J connectivity index is 0.00000156. The van der Waals surface area contributed by atoms with Gasteiger partial charge in [0.05, 0.1) is 17.3 Å². The number of aryl methyl sites for hydroxylation is 1. The van der Waals surface area contributed by atoms with Crippen LogP contribution in [0.4, 0.5) is 5.82 Å². The second-order valence-electron chi connectivity index (χ2n) is 8.37. The topological polar surface area (TPSA) is 50.7 Å². The summed E-state index contributed by atoms with van der Waals surface area (Å²) in [6.07, 6.45) is 3.64. The van der Waals surface area contributed by atoms with Crippen LogP contribution in [0.2, 0.25) is 5.02 Å². The van der Waals surface area contributed by atoms with Gasteiger partial charge in [-0.05, 0) is 85.5 Å². The summed E-state index contributed by atoms with van der Waals surface area (Å²) < 4.78 is 0. The zero-order chi connectivity index (χ0) is 26.2. The van der Waals surface area contributed by atoms with E-state index in [2.05, 4.69) is 53.1 Å². The first-order chi connectivity index (χ1) is 18.0. The SMILES string of the molecule is CC.Cc1cc(NC(C)c2ccccn2)nc2ccc(C#Cc3ccc(-c4ccc(Cl)cc4)cn3)cc12. The van der Waals surface area contributed by atoms with Crippen LogP contribution < -0.4 is 5.32 Å². The normalized spacial score (nSPS) is 11.1. The molecule has 0 aliphatic carbocycles. The summed E-state index contributed by atoms with van der Waals surface area (Å²) in [6, 6.07) is 25.8. The Bertz CT molecular complexity index is 1530. The van der Waals surface area contributed by atoms with Gasteiger partial charge in [0, 0.05) is 33.9 Å². The Kier molecular flexibility index (Phi) is 8.51. The summed E-state index contributed by atoms with van der Waals surface area (Å²) in [5.41, 5.74) is 6.79. The highest BCUT2D eigenvalue weighted by atomic mass is 35.5. The highest BCUT2D eigenvalue weighted by Crippen LogP contribution is 2.24. The standard InChI is InChI=1S/C30H23ClN4.C2H6/c1-20-17-30(34-21(2)28-5-3-4-16-32-28)35-29-15-7-22(18-27(20)29)6-13-26-14-10-24(19-33-26)23-8-11-25(31)12-9-23;1-2/h3-5,7-12,14-19,21H,1-2H3,(H,34,35);1-2H3. The smallest absolute Gasteiger partial charge is 0.127 e. The Morgan fingerprint density at radius 3 is 2.32 bits per heavy atom. The van der Waals surface area contributed by atoms with Crippen LogP contribution in [0, 0.1) is 18.8 Å². The van der Waals surface area contributed by atoms with Crippen molar-refractivity contribution in [2.45, 2.75) is 33.7 Å². The van der Waals surface area contributed by atoms with Gasteiger partial charge in [0.15, 0.2) is 0 Å².